The van der Waals surface area contributed by atoms with Gasteiger partial charge in [-0.3, -0.25) is 0 Å². The minimum absolute atomic E-state index is 0.264. The number of carbonyl (C=O) groups is 1. The van der Waals surface area contributed by atoms with Crippen LogP contribution in [0.5, 0.6) is 0 Å². The average Bonchev–Trinajstić information content (AvgIpc) is 2.74. The molecule has 2 N–H and O–H groups in total. The molecule has 3 unspecified atom stereocenters. The van der Waals surface area contributed by atoms with E-state index in [0.29, 0.717) is 18.6 Å². The molecule has 0 saturated heterocycles. The minimum atomic E-state index is -2.00. The van der Waals surface area contributed by atoms with Gasteiger partial charge in [0, 0.05) is 16.6 Å². The highest BCUT2D eigenvalue weighted by atomic mass is 32.2. The predicted molar refractivity (Wildman–Crippen MR) is 119 cm³/mol. The Morgan fingerprint density at radius 2 is 1.69 bits per heavy atom. The van der Waals surface area contributed by atoms with Crippen LogP contribution in [0, 0.1) is 5.92 Å². The molecule has 0 heterocycles. The molecular formula is C23H24O4PS+. The first-order valence-corrected chi connectivity index (χ1v) is 11.6. The number of benzene rings is 3. The van der Waals surface area contributed by atoms with Crippen molar-refractivity contribution in [2.45, 2.75) is 23.3 Å². The van der Waals surface area contributed by atoms with Crippen LogP contribution < -0.4 is 0 Å². The number of carboxylic acids is 1. The standard InChI is InChI=1S/C23H23O4PS/c24-22(25)23(26,16-28-27)20(12-10-17-6-2-1-3-7-17)15-29-21-13-11-18-8-4-5-9-19(18)14-21/h1-9,11,13-14,20,26H,10,12,15-16H2,(H,24,25)/p+1. The van der Waals surface area contributed by atoms with Crippen LogP contribution in [0.4, 0.5) is 0 Å². The smallest absolute Gasteiger partial charge is 0.340 e. The molecule has 29 heavy (non-hydrogen) atoms. The number of thioether (sulfide) groups is 1. The molecule has 3 aromatic rings. The molecule has 0 aliphatic rings. The summed E-state index contributed by atoms with van der Waals surface area (Å²) in [4.78, 5) is 12.9. The summed E-state index contributed by atoms with van der Waals surface area (Å²) >= 11 is 1.53. The molecule has 0 bridgehead atoms. The highest BCUT2D eigenvalue weighted by Crippen LogP contribution is 2.33. The summed E-state index contributed by atoms with van der Waals surface area (Å²) in [6, 6.07) is 24.0. The molecule has 4 nitrogen and oxygen atoms in total. The quantitative estimate of drug-likeness (QED) is 0.351. The van der Waals surface area contributed by atoms with E-state index in [2.05, 4.69) is 6.07 Å². The Morgan fingerprint density at radius 1 is 1.00 bits per heavy atom. The molecule has 150 valence electrons. The van der Waals surface area contributed by atoms with Crippen molar-refractivity contribution in [3.05, 3.63) is 78.4 Å². The summed E-state index contributed by atoms with van der Waals surface area (Å²) in [6.45, 7) is 0. The third-order valence-corrected chi connectivity index (χ3v) is 7.02. The molecule has 0 aliphatic carbocycles. The van der Waals surface area contributed by atoms with Crippen molar-refractivity contribution in [1.29, 1.82) is 0 Å². The number of hydrogen-bond donors (Lipinski definition) is 2. The van der Waals surface area contributed by atoms with Crippen molar-refractivity contribution in [2.75, 3.05) is 11.9 Å². The van der Waals surface area contributed by atoms with Crippen LogP contribution in [0.25, 0.3) is 10.8 Å². The lowest BCUT2D eigenvalue weighted by Gasteiger charge is -2.29. The lowest BCUT2D eigenvalue weighted by atomic mass is 9.85. The lowest BCUT2D eigenvalue weighted by molar-refractivity contribution is -0.161. The van der Waals surface area contributed by atoms with Gasteiger partial charge in [0.2, 0.25) is 5.60 Å². The summed E-state index contributed by atoms with van der Waals surface area (Å²) in [7, 11) is -0.866. The van der Waals surface area contributed by atoms with Gasteiger partial charge in [-0.1, -0.05) is 65.2 Å². The Hall–Kier alpha value is -2.20. The van der Waals surface area contributed by atoms with Crippen LogP contribution in [0.15, 0.2) is 77.7 Å². The number of aliphatic carboxylic acids is 1. The molecule has 0 aromatic heterocycles. The Labute approximate surface area is 176 Å². The number of fused-ring (bicyclic) bond motifs is 1. The fraction of sp³-hybridized carbons (Fsp3) is 0.261. The molecular weight excluding hydrogens is 403 g/mol. The van der Waals surface area contributed by atoms with Crippen LogP contribution in [-0.2, 0) is 15.8 Å². The first-order valence-electron chi connectivity index (χ1n) is 9.49. The van der Waals surface area contributed by atoms with Gasteiger partial charge < -0.3 is 10.2 Å². The van der Waals surface area contributed by atoms with Crippen LogP contribution in [0.3, 0.4) is 0 Å². The van der Waals surface area contributed by atoms with Crippen molar-refractivity contribution in [1.82, 2.24) is 0 Å². The second-order valence-corrected chi connectivity index (χ2v) is 8.83. The molecule has 0 aliphatic heterocycles. The van der Waals surface area contributed by atoms with Crippen molar-refractivity contribution in [3.8, 4) is 0 Å². The zero-order chi connectivity index (χ0) is 20.7. The van der Waals surface area contributed by atoms with Gasteiger partial charge in [0.1, 0.15) is 0 Å². The molecule has 6 heteroatoms. The molecule has 0 saturated carbocycles. The second kappa shape index (κ2) is 10.0. The van der Waals surface area contributed by atoms with E-state index in [1.165, 1.54) is 11.8 Å². The first-order chi connectivity index (χ1) is 14.0. The molecule has 0 amide bonds. The number of rotatable bonds is 10. The Balaban J connectivity index is 1.78. The highest BCUT2D eigenvalue weighted by Gasteiger charge is 2.47. The van der Waals surface area contributed by atoms with E-state index in [9.17, 15) is 19.6 Å². The van der Waals surface area contributed by atoms with Crippen molar-refractivity contribution in [2.24, 2.45) is 5.92 Å². The van der Waals surface area contributed by atoms with Crippen molar-refractivity contribution >= 4 is 37.0 Å². The van der Waals surface area contributed by atoms with Crippen LogP contribution in [0.1, 0.15) is 12.0 Å². The van der Waals surface area contributed by atoms with Gasteiger partial charge in [0.25, 0.3) is 0 Å². The third kappa shape index (κ3) is 5.45. The maximum Gasteiger partial charge on any atom is 0.340 e. The normalized spacial score (nSPS) is 14.5. The maximum absolute atomic E-state index is 11.9. The topological polar surface area (TPSA) is 74.6 Å². The van der Waals surface area contributed by atoms with Gasteiger partial charge in [-0.25, -0.2) is 4.79 Å². The summed E-state index contributed by atoms with van der Waals surface area (Å²) < 4.78 is 11.2. The number of aliphatic hydroxyl groups is 1. The van der Waals surface area contributed by atoms with E-state index >= 15 is 0 Å². The van der Waals surface area contributed by atoms with Gasteiger partial charge in [-0.15, -0.1) is 11.8 Å². The molecule has 3 aromatic carbocycles. The Bertz CT molecular complexity index is 979. The van der Waals surface area contributed by atoms with Gasteiger partial charge in [0.05, 0.1) is 0 Å². The monoisotopic (exact) mass is 427 g/mol. The number of carboxylic acid groups (broad SMARTS) is 1. The summed E-state index contributed by atoms with van der Waals surface area (Å²) in [5.41, 5.74) is -0.913. The van der Waals surface area contributed by atoms with E-state index in [1.54, 1.807) is 0 Å². The zero-order valence-electron chi connectivity index (χ0n) is 16.0. The van der Waals surface area contributed by atoms with E-state index in [0.717, 1.165) is 21.2 Å². The van der Waals surface area contributed by atoms with Gasteiger partial charge in [0.15, 0.2) is 6.16 Å². The average molecular weight is 427 g/mol. The molecule has 0 spiro atoms. The van der Waals surface area contributed by atoms with Gasteiger partial charge in [-0.2, -0.15) is 0 Å². The first kappa shape index (κ1) is 21.5. The van der Waals surface area contributed by atoms with Gasteiger partial charge >= 0.3 is 14.4 Å². The predicted octanol–water partition coefficient (Wildman–Crippen LogP) is 5.02. The fourth-order valence-corrected chi connectivity index (χ4v) is 5.27. The van der Waals surface area contributed by atoms with E-state index < -0.39 is 25.9 Å². The lowest BCUT2D eigenvalue weighted by Crippen LogP contribution is -2.49. The summed E-state index contributed by atoms with van der Waals surface area (Å²) in [6.07, 6.45) is 0.888. The molecule has 3 rings (SSSR count). The van der Waals surface area contributed by atoms with E-state index in [4.69, 9.17) is 0 Å². The highest BCUT2D eigenvalue weighted by molar-refractivity contribution is 7.99. The summed E-state index contributed by atoms with van der Waals surface area (Å²) in [5.74, 6) is -1.41. The van der Waals surface area contributed by atoms with Crippen molar-refractivity contribution < 1.29 is 19.6 Å². The molecule has 3 atom stereocenters. The van der Waals surface area contributed by atoms with E-state index in [1.807, 2.05) is 66.7 Å². The number of aryl methyl sites for hydroxylation is 1. The Kier molecular flexibility index (Phi) is 7.43. The maximum atomic E-state index is 11.9. The largest absolute Gasteiger partial charge is 0.479 e. The SMILES string of the molecule is O=[PH+]CC(O)(C(=O)O)C(CCc1ccccc1)CSc1ccc2ccccc2c1. The number of hydrogen-bond acceptors (Lipinski definition) is 4. The second-order valence-electron chi connectivity index (χ2n) is 7.09. The van der Waals surface area contributed by atoms with Gasteiger partial charge in [-0.05, 0) is 41.3 Å². The summed E-state index contributed by atoms with van der Waals surface area (Å²) in [5, 5.41) is 22.8. The molecule has 0 fully saturated rings. The van der Waals surface area contributed by atoms with Crippen LogP contribution in [0.2, 0.25) is 0 Å². The minimum Gasteiger partial charge on any atom is -0.479 e. The van der Waals surface area contributed by atoms with Crippen LogP contribution in [-0.4, -0.2) is 33.7 Å². The van der Waals surface area contributed by atoms with Crippen molar-refractivity contribution in [3.63, 3.8) is 0 Å². The third-order valence-electron chi connectivity index (χ3n) is 5.18. The molecule has 0 radical (unpaired) electrons. The van der Waals surface area contributed by atoms with Crippen LogP contribution >= 0.6 is 20.2 Å². The zero-order valence-corrected chi connectivity index (χ0v) is 17.8. The van der Waals surface area contributed by atoms with E-state index in [-0.39, 0.29) is 6.16 Å². The fourth-order valence-electron chi connectivity index (χ4n) is 3.40. The Morgan fingerprint density at radius 3 is 2.38 bits per heavy atom.